The molecule has 0 bridgehead atoms. The van der Waals surface area contributed by atoms with E-state index in [0.717, 1.165) is 58.0 Å². The van der Waals surface area contributed by atoms with Crippen molar-refractivity contribution in [2.75, 3.05) is 19.7 Å². The summed E-state index contributed by atoms with van der Waals surface area (Å²) in [5.74, 6) is 0.654. The first-order valence-corrected chi connectivity index (χ1v) is 13.2. The molecule has 2 saturated carbocycles. The highest BCUT2D eigenvalue weighted by atomic mass is 16.7. The number of likely N-dealkylation sites (tertiary alicyclic amines) is 1. The summed E-state index contributed by atoms with van der Waals surface area (Å²) in [4.78, 5) is 15.2. The first-order chi connectivity index (χ1) is 15.9. The van der Waals surface area contributed by atoms with E-state index in [-0.39, 0.29) is 35.0 Å². The van der Waals surface area contributed by atoms with Crippen LogP contribution in [0.5, 0.6) is 0 Å². The molecule has 5 heteroatoms. The highest BCUT2D eigenvalue weighted by Gasteiger charge is 2.61. The van der Waals surface area contributed by atoms with Crippen LogP contribution in [0.2, 0.25) is 0 Å². The molecule has 4 fully saturated rings. The third-order valence-corrected chi connectivity index (χ3v) is 9.58. The number of hydrogen-bond acceptors (Lipinski definition) is 4. The van der Waals surface area contributed by atoms with E-state index in [0.29, 0.717) is 18.9 Å². The molecule has 2 saturated heterocycles. The van der Waals surface area contributed by atoms with E-state index in [2.05, 4.69) is 38.1 Å². The van der Waals surface area contributed by atoms with Crippen molar-refractivity contribution in [1.29, 1.82) is 0 Å². The highest BCUT2D eigenvalue weighted by Crippen LogP contribution is 2.62. The van der Waals surface area contributed by atoms with E-state index < -0.39 is 6.10 Å². The number of amides is 1. The molecule has 2 aliphatic heterocycles. The highest BCUT2D eigenvalue weighted by molar-refractivity contribution is 5.76. The Morgan fingerprint density at radius 1 is 1.06 bits per heavy atom. The van der Waals surface area contributed by atoms with Gasteiger partial charge in [-0.2, -0.15) is 0 Å². The largest absolute Gasteiger partial charge is 0.393 e. The minimum absolute atomic E-state index is 0.0190. The number of rotatable bonds is 4. The van der Waals surface area contributed by atoms with Gasteiger partial charge >= 0.3 is 0 Å². The van der Waals surface area contributed by atoms with Crippen molar-refractivity contribution in [3.8, 4) is 0 Å². The number of piperidine rings is 1. The van der Waals surface area contributed by atoms with Crippen LogP contribution in [0, 0.1) is 22.7 Å². The van der Waals surface area contributed by atoms with Crippen molar-refractivity contribution in [2.24, 2.45) is 22.7 Å². The molecule has 1 N–H and O–H groups in total. The van der Waals surface area contributed by atoms with Crippen LogP contribution in [-0.2, 0) is 20.7 Å². The first-order valence-electron chi connectivity index (χ1n) is 13.2. The second-order valence-corrected chi connectivity index (χ2v) is 11.6. The number of carbonyl (C=O) groups excluding carboxylic acids is 1. The van der Waals surface area contributed by atoms with E-state index in [4.69, 9.17) is 9.47 Å². The zero-order chi connectivity index (χ0) is 23.1. The molecule has 0 aromatic heterocycles. The number of fused-ring (bicyclic) bond motifs is 3. The topological polar surface area (TPSA) is 59.0 Å². The van der Waals surface area contributed by atoms with Crippen LogP contribution < -0.4 is 0 Å². The summed E-state index contributed by atoms with van der Waals surface area (Å²) in [5, 5.41) is 11.1. The zero-order valence-electron chi connectivity index (χ0n) is 20.4. The molecule has 1 amide bonds. The number of aliphatic hydroxyl groups excluding tert-OH is 1. The van der Waals surface area contributed by atoms with Gasteiger partial charge in [-0.3, -0.25) is 4.79 Å². The summed E-state index contributed by atoms with van der Waals surface area (Å²) in [7, 11) is 0. The predicted molar refractivity (Wildman–Crippen MR) is 127 cm³/mol. The lowest BCUT2D eigenvalue weighted by molar-refractivity contribution is -0.308. The lowest BCUT2D eigenvalue weighted by Crippen LogP contribution is -2.63. The molecule has 5 nitrogen and oxygen atoms in total. The van der Waals surface area contributed by atoms with Gasteiger partial charge in [0.25, 0.3) is 0 Å². The van der Waals surface area contributed by atoms with Crippen molar-refractivity contribution >= 4 is 5.91 Å². The normalized spacial score (nSPS) is 41.2. The molecule has 182 valence electrons. The smallest absolute Gasteiger partial charge is 0.222 e. The van der Waals surface area contributed by atoms with Gasteiger partial charge < -0.3 is 19.5 Å². The van der Waals surface area contributed by atoms with Crippen molar-refractivity contribution in [3.63, 3.8) is 0 Å². The zero-order valence-corrected chi connectivity index (χ0v) is 20.4. The third kappa shape index (κ3) is 4.37. The molecule has 1 aromatic carbocycles. The fraction of sp³-hybridized carbons (Fsp3) is 0.750. The maximum atomic E-state index is 13.2. The maximum Gasteiger partial charge on any atom is 0.222 e. The van der Waals surface area contributed by atoms with Gasteiger partial charge in [0.1, 0.15) is 0 Å². The number of carbonyl (C=O) groups is 1. The standard InChI is InChI=1S/C28H41NO4/c1-27-14-13-24-28(2,19-32-26(33-24)17-20-9-5-3-6-10-20)23(27)12-11-22(30)21(27)18-25(31)29-15-7-4-8-16-29/h3,5-6,9-10,21-24,26,30H,4,7-8,11-19H2,1-2H3/t21-,22-,23+,24+,26-,27+,28+/m1/s1. The monoisotopic (exact) mass is 455 g/mol. The van der Waals surface area contributed by atoms with Crippen LogP contribution in [0.3, 0.4) is 0 Å². The van der Waals surface area contributed by atoms with Crippen molar-refractivity contribution < 1.29 is 19.4 Å². The van der Waals surface area contributed by atoms with E-state index >= 15 is 0 Å². The molecular formula is C28H41NO4. The molecule has 4 aliphatic rings. The minimum atomic E-state index is -0.392. The average Bonchev–Trinajstić information content (AvgIpc) is 2.83. The molecule has 0 spiro atoms. The molecule has 33 heavy (non-hydrogen) atoms. The maximum absolute atomic E-state index is 13.2. The Morgan fingerprint density at radius 2 is 1.82 bits per heavy atom. The van der Waals surface area contributed by atoms with E-state index in [1.165, 1.54) is 12.0 Å². The van der Waals surface area contributed by atoms with Gasteiger partial charge in [0, 0.05) is 31.3 Å². The van der Waals surface area contributed by atoms with Crippen molar-refractivity contribution in [2.45, 2.75) is 90.1 Å². The predicted octanol–water partition coefficient (Wildman–Crippen LogP) is 4.57. The summed E-state index contributed by atoms with van der Waals surface area (Å²) in [6.45, 7) is 7.13. The SMILES string of the molecule is C[C@@]12CO[C@@H](Cc3ccccc3)O[C@H]1CC[C@]1(C)[C@@H]2CC[C@@H](O)[C@H]1CC(=O)N1CCCCC1. The minimum Gasteiger partial charge on any atom is -0.393 e. The Bertz CT molecular complexity index is 824. The molecule has 0 radical (unpaired) electrons. The molecule has 2 aliphatic carbocycles. The Labute approximate surface area is 198 Å². The van der Waals surface area contributed by atoms with Crippen molar-refractivity contribution in [1.82, 2.24) is 4.90 Å². The Hall–Kier alpha value is -1.43. The number of benzene rings is 1. The van der Waals surface area contributed by atoms with E-state index in [9.17, 15) is 9.90 Å². The number of nitrogens with zero attached hydrogens (tertiary/aromatic N) is 1. The molecular weight excluding hydrogens is 414 g/mol. The summed E-state index contributed by atoms with van der Waals surface area (Å²) in [6, 6.07) is 10.4. The van der Waals surface area contributed by atoms with E-state index in [1.54, 1.807) is 0 Å². The Balaban J connectivity index is 1.30. The number of ether oxygens (including phenoxy) is 2. The van der Waals surface area contributed by atoms with Gasteiger partial charge in [0.05, 0.1) is 18.8 Å². The van der Waals surface area contributed by atoms with Crippen LogP contribution in [0.4, 0.5) is 0 Å². The molecule has 0 unspecified atom stereocenters. The van der Waals surface area contributed by atoms with Gasteiger partial charge in [-0.15, -0.1) is 0 Å². The second kappa shape index (κ2) is 9.31. The van der Waals surface area contributed by atoms with Crippen LogP contribution in [0.15, 0.2) is 30.3 Å². The number of hydrogen-bond donors (Lipinski definition) is 1. The van der Waals surface area contributed by atoms with Crippen LogP contribution in [0.1, 0.15) is 70.8 Å². The van der Waals surface area contributed by atoms with Gasteiger partial charge in [-0.25, -0.2) is 0 Å². The summed E-state index contributed by atoms with van der Waals surface area (Å²) in [6.07, 6.45) is 8.01. The lowest BCUT2D eigenvalue weighted by atomic mass is 9.46. The van der Waals surface area contributed by atoms with Gasteiger partial charge in [-0.05, 0) is 67.8 Å². The first kappa shape index (κ1) is 23.3. The summed E-state index contributed by atoms with van der Waals surface area (Å²) in [5.41, 5.74) is 1.10. The van der Waals surface area contributed by atoms with Crippen LogP contribution in [0.25, 0.3) is 0 Å². The van der Waals surface area contributed by atoms with Crippen LogP contribution >= 0.6 is 0 Å². The molecule has 2 heterocycles. The number of aliphatic hydroxyl groups is 1. The fourth-order valence-corrected chi connectivity index (χ4v) is 7.66. The second-order valence-electron chi connectivity index (χ2n) is 11.6. The fourth-order valence-electron chi connectivity index (χ4n) is 7.66. The lowest BCUT2D eigenvalue weighted by Gasteiger charge is -2.63. The van der Waals surface area contributed by atoms with Gasteiger partial charge in [0.2, 0.25) is 5.91 Å². The van der Waals surface area contributed by atoms with Crippen LogP contribution in [-0.4, -0.2) is 54.1 Å². The summed E-state index contributed by atoms with van der Waals surface area (Å²) < 4.78 is 12.9. The van der Waals surface area contributed by atoms with Crippen molar-refractivity contribution in [3.05, 3.63) is 35.9 Å². The molecule has 1 aromatic rings. The Morgan fingerprint density at radius 3 is 2.58 bits per heavy atom. The van der Waals surface area contributed by atoms with Gasteiger partial charge in [-0.1, -0.05) is 44.2 Å². The average molecular weight is 456 g/mol. The Kier molecular flexibility index (Phi) is 6.58. The quantitative estimate of drug-likeness (QED) is 0.723. The van der Waals surface area contributed by atoms with E-state index in [1.807, 2.05) is 11.0 Å². The third-order valence-electron chi connectivity index (χ3n) is 9.58. The molecule has 5 rings (SSSR count). The summed E-state index contributed by atoms with van der Waals surface area (Å²) >= 11 is 0. The molecule has 7 atom stereocenters. The van der Waals surface area contributed by atoms with Gasteiger partial charge in [0.15, 0.2) is 6.29 Å².